The van der Waals surface area contributed by atoms with Crippen molar-refractivity contribution in [3.05, 3.63) is 58.4 Å². The normalized spacial score (nSPS) is 11.6. The number of rotatable bonds is 0. The van der Waals surface area contributed by atoms with Crippen LogP contribution in [0, 0.1) is 6.92 Å². The maximum atomic E-state index is 12.2. The van der Waals surface area contributed by atoms with E-state index in [1.165, 1.54) is 0 Å². The van der Waals surface area contributed by atoms with E-state index in [4.69, 9.17) is 8.83 Å². The molecule has 3 heteroatoms. The van der Waals surface area contributed by atoms with Crippen molar-refractivity contribution in [2.24, 2.45) is 0 Å². The van der Waals surface area contributed by atoms with E-state index in [0.717, 1.165) is 16.3 Å². The molecule has 0 spiro atoms. The zero-order chi connectivity index (χ0) is 13.0. The summed E-state index contributed by atoms with van der Waals surface area (Å²) in [5.41, 5.74) is 2.49. The zero-order valence-corrected chi connectivity index (χ0v) is 10.3. The first-order valence-electron chi connectivity index (χ1n) is 6.09. The van der Waals surface area contributed by atoms with E-state index in [1.54, 1.807) is 0 Å². The maximum absolute atomic E-state index is 12.2. The fourth-order valence-corrected chi connectivity index (χ4v) is 2.55. The van der Waals surface area contributed by atoms with Crippen LogP contribution in [0.5, 0.6) is 0 Å². The minimum Gasteiger partial charge on any atom is -0.455 e. The summed E-state index contributed by atoms with van der Waals surface area (Å²) >= 11 is 0. The lowest BCUT2D eigenvalue weighted by Gasteiger charge is -1.99. The van der Waals surface area contributed by atoms with Crippen molar-refractivity contribution in [1.82, 2.24) is 0 Å². The Morgan fingerprint density at radius 3 is 2.53 bits per heavy atom. The van der Waals surface area contributed by atoms with E-state index in [9.17, 15) is 4.79 Å². The summed E-state index contributed by atoms with van der Waals surface area (Å²) in [6, 6.07) is 13.3. The minimum absolute atomic E-state index is 0.346. The second-order valence-electron chi connectivity index (χ2n) is 4.64. The van der Waals surface area contributed by atoms with E-state index in [-0.39, 0.29) is 5.63 Å². The Bertz CT molecular complexity index is 989. The molecule has 19 heavy (non-hydrogen) atoms. The van der Waals surface area contributed by atoms with Crippen molar-refractivity contribution >= 4 is 32.9 Å². The summed E-state index contributed by atoms with van der Waals surface area (Å²) in [4.78, 5) is 12.2. The van der Waals surface area contributed by atoms with Gasteiger partial charge < -0.3 is 8.83 Å². The van der Waals surface area contributed by atoms with Crippen LogP contribution >= 0.6 is 0 Å². The highest BCUT2D eigenvalue weighted by Crippen LogP contribution is 2.32. The van der Waals surface area contributed by atoms with Gasteiger partial charge in [0.1, 0.15) is 16.6 Å². The summed E-state index contributed by atoms with van der Waals surface area (Å²) in [5, 5.41) is 2.16. The minimum atomic E-state index is -0.346. The Morgan fingerprint density at radius 1 is 0.842 bits per heavy atom. The van der Waals surface area contributed by atoms with Crippen LogP contribution < -0.4 is 5.63 Å². The fourth-order valence-electron chi connectivity index (χ4n) is 2.55. The van der Waals surface area contributed by atoms with Crippen LogP contribution in [0.1, 0.15) is 5.56 Å². The third-order valence-corrected chi connectivity index (χ3v) is 3.45. The molecule has 92 valence electrons. The molecular formula is C16H10O3. The molecule has 0 atom stereocenters. The van der Waals surface area contributed by atoms with Gasteiger partial charge in [0.25, 0.3) is 0 Å². The second-order valence-corrected chi connectivity index (χ2v) is 4.64. The van der Waals surface area contributed by atoms with Crippen molar-refractivity contribution in [1.29, 1.82) is 0 Å². The second kappa shape index (κ2) is 3.48. The summed E-state index contributed by atoms with van der Waals surface area (Å²) in [6.45, 7) is 1.92. The number of fused-ring (bicyclic) bond motifs is 5. The van der Waals surface area contributed by atoms with Crippen LogP contribution in [0.15, 0.2) is 56.1 Å². The van der Waals surface area contributed by atoms with Gasteiger partial charge in [-0.2, -0.15) is 0 Å². The predicted octanol–water partition coefficient (Wildman–Crippen LogP) is 4.00. The lowest BCUT2D eigenvalue weighted by atomic mass is 10.1. The van der Waals surface area contributed by atoms with Crippen molar-refractivity contribution < 1.29 is 8.83 Å². The Labute approximate surface area is 108 Å². The van der Waals surface area contributed by atoms with Gasteiger partial charge in [-0.05, 0) is 24.6 Å². The van der Waals surface area contributed by atoms with Crippen LogP contribution in [-0.4, -0.2) is 0 Å². The van der Waals surface area contributed by atoms with Crippen LogP contribution in [0.25, 0.3) is 32.9 Å². The monoisotopic (exact) mass is 250 g/mol. The smallest absolute Gasteiger partial charge is 0.348 e. The zero-order valence-electron chi connectivity index (χ0n) is 10.3. The molecule has 0 bridgehead atoms. The molecule has 0 saturated heterocycles. The van der Waals surface area contributed by atoms with Crippen LogP contribution in [0.3, 0.4) is 0 Å². The summed E-state index contributed by atoms with van der Waals surface area (Å²) in [7, 11) is 0. The highest BCUT2D eigenvalue weighted by molar-refractivity contribution is 6.13. The third-order valence-electron chi connectivity index (χ3n) is 3.45. The van der Waals surface area contributed by atoms with Gasteiger partial charge in [0.05, 0.1) is 5.39 Å². The molecule has 2 heterocycles. The number of aryl methyl sites for hydroxylation is 1. The van der Waals surface area contributed by atoms with Crippen molar-refractivity contribution in [2.45, 2.75) is 6.92 Å². The first-order chi connectivity index (χ1) is 9.25. The highest BCUT2D eigenvalue weighted by Gasteiger charge is 2.15. The number of hydrogen-bond donors (Lipinski definition) is 0. The summed E-state index contributed by atoms with van der Waals surface area (Å²) in [6.07, 6.45) is 0. The maximum Gasteiger partial charge on any atom is 0.348 e. The molecule has 0 unspecified atom stereocenters. The fraction of sp³-hybridized carbons (Fsp3) is 0.0625. The first kappa shape index (κ1) is 10.4. The molecule has 2 aromatic carbocycles. The van der Waals surface area contributed by atoms with Gasteiger partial charge in [0, 0.05) is 5.39 Å². The largest absolute Gasteiger partial charge is 0.455 e. The van der Waals surface area contributed by atoms with Gasteiger partial charge >= 0.3 is 5.63 Å². The lowest BCUT2D eigenvalue weighted by Crippen LogP contribution is -1.98. The number of hydrogen-bond acceptors (Lipinski definition) is 3. The van der Waals surface area contributed by atoms with E-state index in [0.29, 0.717) is 22.1 Å². The molecule has 0 radical (unpaired) electrons. The molecule has 0 N–H and O–H groups in total. The average Bonchev–Trinajstić information content (AvgIpc) is 2.80. The molecule has 0 saturated carbocycles. The van der Waals surface area contributed by atoms with E-state index in [2.05, 4.69) is 0 Å². The molecule has 3 nitrogen and oxygen atoms in total. The van der Waals surface area contributed by atoms with Crippen molar-refractivity contribution in [3.63, 3.8) is 0 Å². The van der Waals surface area contributed by atoms with Crippen molar-refractivity contribution in [2.75, 3.05) is 0 Å². The summed E-state index contributed by atoms with van der Waals surface area (Å²) in [5.74, 6) is 0. The lowest BCUT2D eigenvalue weighted by molar-refractivity contribution is 0.564. The van der Waals surface area contributed by atoms with Crippen LogP contribution in [-0.2, 0) is 0 Å². The number of para-hydroxylation sites is 2. The number of furan rings is 1. The molecule has 2 aromatic heterocycles. The molecule has 0 fully saturated rings. The van der Waals surface area contributed by atoms with Gasteiger partial charge in [-0.3, -0.25) is 0 Å². The Morgan fingerprint density at radius 2 is 1.63 bits per heavy atom. The summed E-state index contributed by atoms with van der Waals surface area (Å²) < 4.78 is 11.3. The standard InChI is InChI=1S/C16H10O3/c1-9-5-4-7-11-14(9)19-16(17)13-10-6-2-3-8-12(10)18-15(11)13/h2-8H,1H3. The molecule has 0 amide bonds. The molecular weight excluding hydrogens is 240 g/mol. The van der Waals surface area contributed by atoms with Crippen molar-refractivity contribution in [3.8, 4) is 0 Å². The van der Waals surface area contributed by atoms with E-state index < -0.39 is 0 Å². The first-order valence-corrected chi connectivity index (χ1v) is 6.09. The molecule has 0 aliphatic rings. The Hall–Kier alpha value is -2.55. The van der Waals surface area contributed by atoms with E-state index >= 15 is 0 Å². The number of benzene rings is 2. The van der Waals surface area contributed by atoms with Gasteiger partial charge in [-0.15, -0.1) is 0 Å². The Balaban J connectivity index is 2.41. The average molecular weight is 250 g/mol. The van der Waals surface area contributed by atoms with Gasteiger partial charge in [0.2, 0.25) is 0 Å². The topological polar surface area (TPSA) is 43.4 Å². The molecule has 4 rings (SSSR count). The van der Waals surface area contributed by atoms with Gasteiger partial charge in [-0.1, -0.05) is 30.3 Å². The van der Waals surface area contributed by atoms with E-state index in [1.807, 2.05) is 49.4 Å². The van der Waals surface area contributed by atoms with Crippen LogP contribution in [0.2, 0.25) is 0 Å². The molecule has 0 aliphatic carbocycles. The Kier molecular flexibility index (Phi) is 1.90. The molecule has 0 aliphatic heterocycles. The quantitative estimate of drug-likeness (QED) is 0.443. The predicted molar refractivity (Wildman–Crippen MR) is 74.5 cm³/mol. The molecule has 4 aromatic rings. The SMILES string of the molecule is Cc1cccc2c1oc(=O)c1c3ccccc3oc21. The highest BCUT2D eigenvalue weighted by atomic mass is 16.4. The van der Waals surface area contributed by atoms with Gasteiger partial charge in [0.15, 0.2) is 5.58 Å². The van der Waals surface area contributed by atoms with Gasteiger partial charge in [-0.25, -0.2) is 4.79 Å². The third kappa shape index (κ3) is 1.30. The van der Waals surface area contributed by atoms with Crippen LogP contribution in [0.4, 0.5) is 0 Å².